The Balaban J connectivity index is 1.25. The Morgan fingerprint density at radius 1 is 1.17 bits per heavy atom. The number of benzene rings is 1. The van der Waals surface area contributed by atoms with Gasteiger partial charge in [-0.3, -0.25) is 4.79 Å². The number of nitrogens with zero attached hydrogens (tertiary/aromatic N) is 1. The number of aryl methyl sites for hydroxylation is 2. The zero-order chi connectivity index (χ0) is 20.9. The molecule has 2 fully saturated rings. The van der Waals surface area contributed by atoms with Crippen molar-refractivity contribution in [1.29, 1.82) is 0 Å². The normalized spacial score (nSPS) is 22.3. The molecule has 1 heterocycles. The van der Waals surface area contributed by atoms with Crippen LogP contribution in [0, 0.1) is 25.7 Å². The van der Waals surface area contributed by atoms with Crippen LogP contribution < -0.4 is 5.32 Å². The molecule has 1 amide bonds. The molecule has 1 N–H and O–H groups in total. The second-order valence-electron chi connectivity index (χ2n) is 9.13. The Bertz CT molecular complexity index is 854. The number of carbonyl (C=O) groups is 1. The summed E-state index contributed by atoms with van der Waals surface area (Å²) in [6, 6.07) is 8.49. The van der Waals surface area contributed by atoms with Gasteiger partial charge in [-0.15, -0.1) is 0 Å². The molecule has 2 saturated carbocycles. The van der Waals surface area contributed by atoms with Crippen molar-refractivity contribution in [3.8, 4) is 11.5 Å². The lowest BCUT2D eigenvalue weighted by molar-refractivity contribution is -0.125. The predicted octanol–water partition coefficient (Wildman–Crippen LogP) is 5.34. The van der Waals surface area contributed by atoms with Crippen LogP contribution in [0.1, 0.15) is 68.4 Å². The fourth-order valence-electron chi connectivity index (χ4n) is 4.87. The maximum Gasteiger partial charge on any atom is 0.226 e. The summed E-state index contributed by atoms with van der Waals surface area (Å²) in [4.78, 5) is 17.1. The van der Waals surface area contributed by atoms with E-state index in [-0.39, 0.29) is 11.8 Å². The summed E-state index contributed by atoms with van der Waals surface area (Å²) in [6.45, 7) is 5.19. The minimum absolute atomic E-state index is 0.249. The first kappa shape index (κ1) is 21.1. The maximum absolute atomic E-state index is 12.4. The minimum atomic E-state index is 0.249. The molecule has 2 aliphatic rings. The zero-order valence-electron chi connectivity index (χ0n) is 18.3. The highest BCUT2D eigenvalue weighted by Gasteiger charge is 2.28. The van der Waals surface area contributed by atoms with Gasteiger partial charge in [-0.1, -0.05) is 37.0 Å². The predicted molar refractivity (Wildman–Crippen MR) is 117 cm³/mol. The van der Waals surface area contributed by atoms with Crippen LogP contribution in [-0.4, -0.2) is 23.5 Å². The standard InChI is InChI=1S/C25H34N2O3/c1-17-7-5-11-21(13-17)25-27-23(18(2)30-25)16-29-15-19-8-6-12-22(14-19)26-24(28)20-9-3-4-10-20/h5,7,11,13,19-20,22H,3-4,6,8-10,12,14-16H2,1-2H3,(H,26,28). The molecule has 0 spiro atoms. The molecule has 5 heteroatoms. The third-order valence-electron chi connectivity index (χ3n) is 6.61. The summed E-state index contributed by atoms with van der Waals surface area (Å²) in [6.07, 6.45) is 8.96. The fourth-order valence-corrected chi connectivity index (χ4v) is 4.87. The summed E-state index contributed by atoms with van der Waals surface area (Å²) in [7, 11) is 0. The Morgan fingerprint density at radius 2 is 2.00 bits per heavy atom. The summed E-state index contributed by atoms with van der Waals surface area (Å²) < 4.78 is 11.9. The molecule has 5 nitrogen and oxygen atoms in total. The zero-order valence-corrected chi connectivity index (χ0v) is 18.3. The molecule has 162 valence electrons. The lowest BCUT2D eigenvalue weighted by atomic mass is 9.86. The highest BCUT2D eigenvalue weighted by Crippen LogP contribution is 2.28. The Labute approximate surface area is 179 Å². The van der Waals surface area contributed by atoms with Crippen LogP contribution in [0.3, 0.4) is 0 Å². The van der Waals surface area contributed by atoms with Crippen molar-refractivity contribution in [2.24, 2.45) is 11.8 Å². The molecule has 2 unspecified atom stereocenters. The van der Waals surface area contributed by atoms with E-state index < -0.39 is 0 Å². The van der Waals surface area contributed by atoms with Crippen molar-refractivity contribution in [3.05, 3.63) is 41.3 Å². The summed E-state index contributed by atoms with van der Waals surface area (Å²) in [5.74, 6) is 2.50. The molecular weight excluding hydrogens is 376 g/mol. The molecule has 0 aliphatic heterocycles. The van der Waals surface area contributed by atoms with Gasteiger partial charge >= 0.3 is 0 Å². The first-order valence-corrected chi connectivity index (χ1v) is 11.5. The van der Waals surface area contributed by atoms with E-state index in [1.54, 1.807) is 0 Å². The SMILES string of the molecule is Cc1cccc(-c2nc(COCC3CCCC(NC(=O)C4CCCC4)C3)c(C)o2)c1. The van der Waals surface area contributed by atoms with Crippen molar-refractivity contribution < 1.29 is 13.9 Å². The molecule has 2 aliphatic carbocycles. The van der Waals surface area contributed by atoms with E-state index in [9.17, 15) is 4.79 Å². The average molecular weight is 411 g/mol. The quantitative estimate of drug-likeness (QED) is 0.669. The lowest BCUT2D eigenvalue weighted by Gasteiger charge is -2.30. The smallest absolute Gasteiger partial charge is 0.226 e. The van der Waals surface area contributed by atoms with Crippen molar-refractivity contribution in [1.82, 2.24) is 10.3 Å². The first-order valence-electron chi connectivity index (χ1n) is 11.5. The number of hydrogen-bond acceptors (Lipinski definition) is 4. The lowest BCUT2D eigenvalue weighted by Crippen LogP contribution is -2.41. The van der Waals surface area contributed by atoms with Crippen LogP contribution in [0.15, 0.2) is 28.7 Å². The van der Waals surface area contributed by atoms with E-state index >= 15 is 0 Å². The highest BCUT2D eigenvalue weighted by atomic mass is 16.5. The largest absolute Gasteiger partial charge is 0.441 e. The van der Waals surface area contributed by atoms with E-state index in [0.717, 1.165) is 49.1 Å². The topological polar surface area (TPSA) is 64.4 Å². The third kappa shape index (κ3) is 5.31. The minimum Gasteiger partial charge on any atom is -0.441 e. The van der Waals surface area contributed by atoms with E-state index in [4.69, 9.17) is 9.15 Å². The summed E-state index contributed by atoms with van der Waals surface area (Å²) in [5, 5.41) is 3.31. The van der Waals surface area contributed by atoms with Gasteiger partial charge in [-0.25, -0.2) is 4.98 Å². The van der Waals surface area contributed by atoms with E-state index in [1.165, 1.54) is 24.8 Å². The second kappa shape index (κ2) is 9.78. The van der Waals surface area contributed by atoms with Crippen molar-refractivity contribution in [3.63, 3.8) is 0 Å². The second-order valence-corrected chi connectivity index (χ2v) is 9.13. The van der Waals surface area contributed by atoms with Gasteiger partial charge in [0.05, 0.1) is 6.61 Å². The molecule has 1 aromatic heterocycles. The monoisotopic (exact) mass is 410 g/mol. The molecule has 0 radical (unpaired) electrons. The highest BCUT2D eigenvalue weighted by molar-refractivity contribution is 5.79. The van der Waals surface area contributed by atoms with Crippen LogP contribution in [0.25, 0.3) is 11.5 Å². The number of nitrogens with one attached hydrogen (secondary N) is 1. The number of oxazole rings is 1. The third-order valence-corrected chi connectivity index (χ3v) is 6.61. The Kier molecular flexibility index (Phi) is 6.88. The number of aromatic nitrogens is 1. The molecule has 1 aromatic carbocycles. The molecule has 2 aromatic rings. The van der Waals surface area contributed by atoms with Gasteiger partial charge in [0.15, 0.2) is 0 Å². The fraction of sp³-hybridized carbons (Fsp3) is 0.600. The molecule has 0 saturated heterocycles. The summed E-state index contributed by atoms with van der Waals surface area (Å²) in [5.41, 5.74) is 3.05. The number of hydrogen-bond donors (Lipinski definition) is 1. The van der Waals surface area contributed by atoms with Crippen LogP contribution in [0.2, 0.25) is 0 Å². The van der Waals surface area contributed by atoms with Gasteiger partial charge in [-0.2, -0.15) is 0 Å². The Morgan fingerprint density at radius 3 is 2.80 bits per heavy atom. The number of ether oxygens (including phenoxy) is 1. The van der Waals surface area contributed by atoms with E-state index in [1.807, 2.05) is 19.1 Å². The van der Waals surface area contributed by atoms with Gasteiger partial charge in [0.1, 0.15) is 11.5 Å². The first-order chi connectivity index (χ1) is 14.6. The number of amides is 1. The van der Waals surface area contributed by atoms with Gasteiger partial charge in [-0.05, 0) is 64.0 Å². The van der Waals surface area contributed by atoms with Gasteiger partial charge in [0, 0.05) is 24.1 Å². The van der Waals surface area contributed by atoms with Crippen molar-refractivity contribution in [2.75, 3.05) is 6.61 Å². The van der Waals surface area contributed by atoms with Gasteiger partial charge in [0.25, 0.3) is 0 Å². The molecule has 0 bridgehead atoms. The number of carbonyl (C=O) groups excluding carboxylic acids is 1. The van der Waals surface area contributed by atoms with E-state index in [2.05, 4.69) is 29.4 Å². The van der Waals surface area contributed by atoms with Gasteiger partial charge < -0.3 is 14.5 Å². The van der Waals surface area contributed by atoms with Gasteiger partial charge in [0.2, 0.25) is 11.8 Å². The Hall–Kier alpha value is -2.14. The molecular formula is C25H34N2O3. The molecule has 4 rings (SSSR count). The molecule has 2 atom stereocenters. The average Bonchev–Trinajstić information content (AvgIpc) is 3.39. The van der Waals surface area contributed by atoms with Crippen molar-refractivity contribution >= 4 is 5.91 Å². The van der Waals surface area contributed by atoms with Crippen molar-refractivity contribution in [2.45, 2.75) is 77.9 Å². The van der Waals surface area contributed by atoms with Crippen LogP contribution in [0.5, 0.6) is 0 Å². The van der Waals surface area contributed by atoms with Crippen LogP contribution in [-0.2, 0) is 16.1 Å². The summed E-state index contributed by atoms with van der Waals surface area (Å²) >= 11 is 0. The number of rotatable bonds is 7. The van der Waals surface area contributed by atoms with E-state index in [0.29, 0.717) is 31.1 Å². The van der Waals surface area contributed by atoms with Crippen LogP contribution in [0.4, 0.5) is 0 Å². The maximum atomic E-state index is 12.4. The molecule has 30 heavy (non-hydrogen) atoms. The van der Waals surface area contributed by atoms with Crippen LogP contribution >= 0.6 is 0 Å².